The zero-order valence-corrected chi connectivity index (χ0v) is 9.24. The van der Waals surface area contributed by atoms with Gasteiger partial charge < -0.3 is 0 Å². The van der Waals surface area contributed by atoms with E-state index in [0.717, 1.165) is 16.5 Å². The lowest BCUT2D eigenvalue weighted by atomic mass is 9.99. The lowest BCUT2D eigenvalue weighted by molar-refractivity contribution is -0.119. The highest BCUT2D eigenvalue weighted by Crippen LogP contribution is 2.21. The zero-order chi connectivity index (χ0) is 12.3. The Morgan fingerprint density at radius 2 is 2.29 bits per heavy atom. The number of aromatic nitrogens is 1. The fourth-order valence-electron chi connectivity index (χ4n) is 1.64. The topological polar surface area (TPSA) is 78.7 Å². The van der Waals surface area contributed by atoms with Crippen molar-refractivity contribution in [3.8, 4) is 0 Å². The first-order chi connectivity index (χ1) is 8.22. The molecule has 1 amide bonds. The van der Waals surface area contributed by atoms with Crippen molar-refractivity contribution in [3.05, 3.63) is 52.5 Å². The van der Waals surface area contributed by atoms with Crippen LogP contribution in [0.15, 0.2) is 41.6 Å². The van der Waals surface area contributed by atoms with Crippen molar-refractivity contribution in [1.29, 1.82) is 0 Å². The van der Waals surface area contributed by atoms with Gasteiger partial charge in [-0.2, -0.15) is 0 Å². The molecule has 5 nitrogen and oxygen atoms in total. The zero-order valence-electron chi connectivity index (χ0n) is 9.24. The van der Waals surface area contributed by atoms with E-state index in [1.54, 1.807) is 13.1 Å². The minimum atomic E-state index is -0.476. The number of carbonyl (C=O) groups is 1. The SMILES string of the molecule is CC(C(=O)N=[N+]=[N-])c1ccc2ncccc2c1. The largest absolute Gasteiger partial charge is 0.292 e. The van der Waals surface area contributed by atoms with Gasteiger partial charge >= 0.3 is 0 Å². The lowest BCUT2D eigenvalue weighted by Crippen LogP contribution is -2.05. The van der Waals surface area contributed by atoms with Gasteiger partial charge in [-0.1, -0.05) is 19.1 Å². The van der Waals surface area contributed by atoms with Crippen molar-refractivity contribution >= 4 is 16.8 Å². The van der Waals surface area contributed by atoms with Crippen molar-refractivity contribution in [1.82, 2.24) is 4.98 Å². The number of rotatable bonds is 2. The van der Waals surface area contributed by atoms with Crippen molar-refractivity contribution in [2.45, 2.75) is 12.8 Å². The highest BCUT2D eigenvalue weighted by Gasteiger charge is 2.13. The number of hydrogen-bond donors (Lipinski definition) is 0. The molecule has 17 heavy (non-hydrogen) atoms. The predicted octanol–water partition coefficient (Wildman–Crippen LogP) is 3.18. The minimum Gasteiger partial charge on any atom is -0.292 e. The molecule has 0 bridgehead atoms. The molecule has 0 saturated carbocycles. The Morgan fingerprint density at radius 3 is 3.06 bits per heavy atom. The molecule has 0 N–H and O–H groups in total. The number of carbonyl (C=O) groups excluding carboxylic acids is 1. The van der Waals surface area contributed by atoms with Crippen molar-refractivity contribution < 1.29 is 4.79 Å². The summed E-state index contributed by atoms with van der Waals surface area (Å²) in [4.78, 5) is 18.1. The molecule has 2 aromatic rings. The highest BCUT2D eigenvalue weighted by atomic mass is 16.1. The van der Waals surface area contributed by atoms with E-state index in [-0.39, 0.29) is 0 Å². The molecule has 1 unspecified atom stereocenters. The summed E-state index contributed by atoms with van der Waals surface area (Å²) in [6.45, 7) is 1.72. The van der Waals surface area contributed by atoms with Crippen LogP contribution in [-0.4, -0.2) is 10.9 Å². The van der Waals surface area contributed by atoms with Crippen molar-refractivity contribution in [3.63, 3.8) is 0 Å². The molecule has 0 spiro atoms. The van der Waals surface area contributed by atoms with Crippen LogP contribution in [-0.2, 0) is 4.79 Å². The van der Waals surface area contributed by atoms with Gasteiger partial charge in [-0.3, -0.25) is 9.78 Å². The maximum atomic E-state index is 11.4. The number of amides is 1. The van der Waals surface area contributed by atoms with E-state index in [4.69, 9.17) is 5.53 Å². The maximum Gasteiger partial charge on any atom is 0.226 e. The predicted molar refractivity (Wildman–Crippen MR) is 64.3 cm³/mol. The third-order valence-electron chi connectivity index (χ3n) is 2.64. The molecule has 1 atom stereocenters. The van der Waals surface area contributed by atoms with Gasteiger partial charge in [0.2, 0.25) is 5.91 Å². The van der Waals surface area contributed by atoms with Gasteiger partial charge in [0.05, 0.1) is 5.52 Å². The van der Waals surface area contributed by atoms with Crippen LogP contribution in [0.3, 0.4) is 0 Å². The van der Waals surface area contributed by atoms with Crippen molar-refractivity contribution in [2.24, 2.45) is 5.11 Å². The van der Waals surface area contributed by atoms with E-state index in [1.165, 1.54) is 0 Å². The monoisotopic (exact) mass is 226 g/mol. The summed E-state index contributed by atoms with van der Waals surface area (Å²) in [5.74, 6) is -0.911. The van der Waals surface area contributed by atoms with Crippen LogP contribution in [0.1, 0.15) is 18.4 Å². The molecule has 1 aromatic heterocycles. The van der Waals surface area contributed by atoms with Crippen LogP contribution in [0.4, 0.5) is 0 Å². The number of azide groups is 1. The van der Waals surface area contributed by atoms with Crippen molar-refractivity contribution in [2.75, 3.05) is 0 Å². The van der Waals surface area contributed by atoms with Crippen LogP contribution in [0.25, 0.3) is 21.3 Å². The number of pyridine rings is 1. The Labute approximate surface area is 97.7 Å². The molecular weight excluding hydrogens is 216 g/mol. The van der Waals surface area contributed by atoms with E-state index in [9.17, 15) is 4.79 Å². The third-order valence-corrected chi connectivity index (χ3v) is 2.64. The van der Waals surface area contributed by atoms with Gasteiger partial charge in [0.15, 0.2) is 0 Å². The first-order valence-electron chi connectivity index (χ1n) is 5.16. The summed E-state index contributed by atoms with van der Waals surface area (Å²) in [6.07, 6.45) is 1.72. The quantitative estimate of drug-likeness (QED) is 0.447. The average molecular weight is 226 g/mol. The summed E-state index contributed by atoms with van der Waals surface area (Å²) >= 11 is 0. The molecule has 0 aliphatic carbocycles. The Bertz CT molecular complexity index is 617. The Morgan fingerprint density at radius 1 is 1.47 bits per heavy atom. The van der Waals surface area contributed by atoms with Gasteiger partial charge in [-0.05, 0) is 34.4 Å². The molecular formula is C12H10N4O. The Balaban J connectivity index is 2.42. The van der Waals surface area contributed by atoms with Gasteiger partial charge in [-0.15, -0.1) is 0 Å². The number of fused-ring (bicyclic) bond motifs is 1. The fraction of sp³-hybridized carbons (Fsp3) is 0.167. The van der Waals surface area contributed by atoms with E-state index >= 15 is 0 Å². The lowest BCUT2D eigenvalue weighted by Gasteiger charge is -2.08. The smallest absolute Gasteiger partial charge is 0.226 e. The van der Waals surface area contributed by atoms with Crippen LogP contribution in [0.2, 0.25) is 0 Å². The summed E-state index contributed by atoms with van der Waals surface area (Å²) in [6, 6.07) is 9.33. The number of benzene rings is 1. The van der Waals surface area contributed by atoms with E-state index in [2.05, 4.69) is 15.0 Å². The summed E-state index contributed by atoms with van der Waals surface area (Å²) in [5, 5.41) is 4.07. The van der Waals surface area contributed by atoms with Crippen LogP contribution >= 0.6 is 0 Å². The van der Waals surface area contributed by atoms with Gasteiger partial charge in [0.1, 0.15) is 0 Å². The molecule has 0 radical (unpaired) electrons. The number of hydrogen-bond acceptors (Lipinski definition) is 2. The Kier molecular flexibility index (Phi) is 3.03. The summed E-state index contributed by atoms with van der Waals surface area (Å²) in [7, 11) is 0. The fourth-order valence-corrected chi connectivity index (χ4v) is 1.64. The Hall–Kier alpha value is -2.39. The second-order valence-electron chi connectivity index (χ2n) is 3.70. The second kappa shape index (κ2) is 4.63. The molecule has 5 heteroatoms. The number of nitrogens with zero attached hydrogens (tertiary/aromatic N) is 4. The minimum absolute atomic E-state index is 0.435. The summed E-state index contributed by atoms with van der Waals surface area (Å²) in [5.41, 5.74) is 9.93. The highest BCUT2D eigenvalue weighted by molar-refractivity contribution is 5.86. The molecule has 84 valence electrons. The first-order valence-corrected chi connectivity index (χ1v) is 5.16. The van der Waals surface area contributed by atoms with E-state index < -0.39 is 11.8 Å². The molecule has 0 fully saturated rings. The maximum absolute atomic E-state index is 11.4. The average Bonchev–Trinajstić information content (AvgIpc) is 2.37. The third kappa shape index (κ3) is 2.24. The molecule has 0 aliphatic rings. The van der Waals surface area contributed by atoms with Gasteiger partial charge in [-0.25, -0.2) is 0 Å². The van der Waals surface area contributed by atoms with E-state index in [1.807, 2.05) is 30.3 Å². The second-order valence-corrected chi connectivity index (χ2v) is 3.70. The summed E-state index contributed by atoms with van der Waals surface area (Å²) < 4.78 is 0. The van der Waals surface area contributed by atoms with E-state index in [0.29, 0.717) is 0 Å². The molecule has 2 rings (SSSR count). The molecule has 0 saturated heterocycles. The van der Waals surface area contributed by atoms with Crippen LogP contribution in [0.5, 0.6) is 0 Å². The van der Waals surface area contributed by atoms with Crippen LogP contribution in [0, 0.1) is 0 Å². The van der Waals surface area contributed by atoms with Gasteiger partial charge in [0, 0.05) is 22.4 Å². The normalized spacial score (nSPS) is 11.8. The molecule has 0 aliphatic heterocycles. The van der Waals surface area contributed by atoms with Crippen LogP contribution < -0.4 is 0 Å². The standard InChI is InChI=1S/C12H10N4O/c1-8(12(17)15-16-13)9-4-5-11-10(7-9)3-2-6-14-11/h2-8H,1H3. The van der Waals surface area contributed by atoms with Gasteiger partial charge in [0.25, 0.3) is 0 Å². The first kappa shape index (κ1) is 11.1. The molecule has 1 aromatic carbocycles. The molecule has 1 heterocycles.